The molecule has 4 aromatic rings. The second kappa shape index (κ2) is 12.1. The first-order chi connectivity index (χ1) is 21.2. The Morgan fingerprint density at radius 1 is 1.05 bits per heavy atom. The van der Waals surface area contributed by atoms with Gasteiger partial charge in [0.05, 0.1) is 36.1 Å². The van der Waals surface area contributed by atoms with E-state index in [1.807, 2.05) is 12.1 Å². The van der Waals surface area contributed by atoms with Crippen LogP contribution in [-0.4, -0.2) is 66.0 Å². The summed E-state index contributed by atoms with van der Waals surface area (Å²) in [6, 6.07) is 16.9. The van der Waals surface area contributed by atoms with Crippen LogP contribution in [0.4, 0.5) is 8.78 Å². The number of hydrogen-bond acceptors (Lipinski definition) is 7. The lowest BCUT2D eigenvalue weighted by molar-refractivity contribution is -0.144. The molecule has 2 N–H and O–H groups in total. The number of amides is 2. The maximum absolute atomic E-state index is 13.7. The molecule has 0 spiro atoms. The molecular weight excluding hydrogens is 574 g/mol. The lowest BCUT2D eigenvalue weighted by Crippen LogP contribution is -2.46. The van der Waals surface area contributed by atoms with Crippen molar-refractivity contribution in [3.63, 3.8) is 0 Å². The van der Waals surface area contributed by atoms with Crippen molar-refractivity contribution in [3.8, 4) is 22.9 Å². The average molecular weight is 607 g/mol. The highest BCUT2D eigenvalue weighted by Crippen LogP contribution is 2.36. The molecule has 3 atom stereocenters. The highest BCUT2D eigenvalue weighted by molar-refractivity contribution is 5.95. The van der Waals surface area contributed by atoms with Gasteiger partial charge in [-0.15, -0.1) is 0 Å². The van der Waals surface area contributed by atoms with Gasteiger partial charge in [-0.3, -0.25) is 9.59 Å². The Morgan fingerprint density at radius 2 is 1.86 bits per heavy atom. The van der Waals surface area contributed by atoms with Gasteiger partial charge in [-0.2, -0.15) is 13.9 Å². The Bertz CT molecular complexity index is 1680. The van der Waals surface area contributed by atoms with Crippen molar-refractivity contribution in [1.29, 1.82) is 0 Å². The van der Waals surface area contributed by atoms with Crippen LogP contribution < -0.4 is 24.8 Å². The number of halogens is 2. The lowest BCUT2D eigenvalue weighted by atomic mass is 10.0. The Labute approximate surface area is 252 Å². The fourth-order valence-corrected chi connectivity index (χ4v) is 5.24. The van der Waals surface area contributed by atoms with E-state index in [1.54, 1.807) is 66.3 Å². The fourth-order valence-electron chi connectivity index (χ4n) is 5.24. The Hall–Kier alpha value is -4.71. The van der Waals surface area contributed by atoms with Crippen LogP contribution in [0.2, 0.25) is 0 Å². The van der Waals surface area contributed by atoms with Gasteiger partial charge < -0.3 is 29.6 Å². The number of benzene rings is 3. The molecule has 0 bridgehead atoms. The van der Waals surface area contributed by atoms with Crippen molar-refractivity contribution in [1.82, 2.24) is 20.4 Å². The van der Waals surface area contributed by atoms with E-state index in [2.05, 4.69) is 15.7 Å². The van der Waals surface area contributed by atoms with Crippen molar-refractivity contribution >= 4 is 22.7 Å². The molecule has 44 heavy (non-hydrogen) atoms. The smallest absolute Gasteiger partial charge is 0.321 e. The summed E-state index contributed by atoms with van der Waals surface area (Å²) in [5.74, 6) is -3.62. The van der Waals surface area contributed by atoms with Gasteiger partial charge in [0.15, 0.2) is 11.5 Å². The summed E-state index contributed by atoms with van der Waals surface area (Å²) in [7, 11) is 0. The highest BCUT2D eigenvalue weighted by Gasteiger charge is 2.35. The zero-order valence-corrected chi connectivity index (χ0v) is 24.2. The average Bonchev–Trinajstić information content (AvgIpc) is 3.69. The molecule has 1 fully saturated rings. The van der Waals surface area contributed by atoms with E-state index in [0.717, 1.165) is 17.3 Å². The molecule has 2 aliphatic heterocycles. The summed E-state index contributed by atoms with van der Waals surface area (Å²) < 4.78 is 52.2. The van der Waals surface area contributed by atoms with E-state index >= 15 is 0 Å². The molecule has 2 amide bonds. The van der Waals surface area contributed by atoms with E-state index in [9.17, 15) is 18.4 Å². The zero-order chi connectivity index (χ0) is 30.8. The minimum atomic E-state index is -3.55. The molecule has 230 valence electrons. The number of nitrogens with zero attached hydrogens (tertiary/aromatic N) is 2. The first-order valence-corrected chi connectivity index (χ1v) is 14.4. The molecule has 0 saturated carbocycles. The minimum Gasteiger partial charge on any atom is -0.486 e. The van der Waals surface area contributed by atoms with Crippen LogP contribution in [0.25, 0.3) is 16.6 Å². The Morgan fingerprint density at radius 3 is 2.64 bits per heavy atom. The van der Waals surface area contributed by atoms with Crippen LogP contribution in [0.5, 0.6) is 17.2 Å². The van der Waals surface area contributed by atoms with Gasteiger partial charge in [0, 0.05) is 24.5 Å². The fraction of sp³-hybridized carbons (Fsp3) is 0.344. The van der Waals surface area contributed by atoms with Gasteiger partial charge in [-0.1, -0.05) is 12.1 Å². The summed E-state index contributed by atoms with van der Waals surface area (Å²) in [4.78, 5) is 25.0. The summed E-state index contributed by atoms with van der Waals surface area (Å²) in [6.45, 7) is 4.09. The normalized spacial score (nSPS) is 17.6. The molecule has 12 heteroatoms. The number of nitrogens with one attached hydrogen (secondary N) is 2. The lowest BCUT2D eigenvalue weighted by Gasteiger charge is -2.28. The number of hydrogen-bond donors (Lipinski definition) is 2. The van der Waals surface area contributed by atoms with Gasteiger partial charge in [0.25, 0.3) is 11.8 Å². The van der Waals surface area contributed by atoms with E-state index in [1.165, 1.54) is 0 Å². The maximum Gasteiger partial charge on any atom is 0.321 e. The summed E-state index contributed by atoms with van der Waals surface area (Å²) in [5.41, 5.74) is 2.59. The molecule has 0 aliphatic carbocycles. The van der Waals surface area contributed by atoms with Gasteiger partial charge in [0.1, 0.15) is 25.1 Å². The van der Waals surface area contributed by atoms with Crippen LogP contribution in [0.3, 0.4) is 0 Å². The minimum absolute atomic E-state index is 0.00407. The summed E-state index contributed by atoms with van der Waals surface area (Å²) >= 11 is 0. The highest BCUT2D eigenvalue weighted by atomic mass is 19.3. The van der Waals surface area contributed by atoms with Crippen molar-refractivity contribution < 1.29 is 37.3 Å². The number of rotatable bonds is 9. The first kappa shape index (κ1) is 29.4. The topological polar surface area (TPSA) is 113 Å². The number of ether oxygens (including phenoxy) is 4. The van der Waals surface area contributed by atoms with Crippen LogP contribution in [0.1, 0.15) is 42.3 Å². The van der Waals surface area contributed by atoms with Crippen LogP contribution in [0, 0.1) is 0 Å². The molecule has 0 unspecified atom stereocenters. The van der Waals surface area contributed by atoms with Crippen LogP contribution in [0.15, 0.2) is 66.9 Å². The molecular formula is C32H32F2N4O6. The third-order valence-electron chi connectivity index (χ3n) is 7.53. The second-order valence-corrected chi connectivity index (χ2v) is 11.0. The Kier molecular flexibility index (Phi) is 8.09. The zero-order valence-electron chi connectivity index (χ0n) is 24.2. The second-order valence-electron chi connectivity index (χ2n) is 11.0. The Balaban J connectivity index is 1.26. The van der Waals surface area contributed by atoms with Crippen LogP contribution in [-0.2, 0) is 9.53 Å². The largest absolute Gasteiger partial charge is 0.486 e. The molecule has 10 nitrogen and oxygen atoms in total. The number of aromatic nitrogens is 2. The quantitative estimate of drug-likeness (QED) is 0.287. The van der Waals surface area contributed by atoms with Crippen molar-refractivity contribution in [2.45, 2.75) is 44.4 Å². The molecule has 0 radical (unpaired) electrons. The monoisotopic (exact) mass is 606 g/mol. The number of fused-ring (bicyclic) bond motifs is 2. The predicted octanol–water partition coefficient (Wildman–Crippen LogP) is 4.60. The van der Waals surface area contributed by atoms with E-state index in [4.69, 9.17) is 18.9 Å². The summed E-state index contributed by atoms with van der Waals surface area (Å²) in [5, 5.41) is 10.7. The first-order valence-electron chi connectivity index (χ1n) is 14.4. The SMILES string of the molecule is C[C@@H](NC(=O)C(C)(F)F)[C@@H](Oc1ccc2c(cnn2-c2cccc(C(=O)N[C@@H]3CCOC3)c2)c1)c1ccc2c(c1)OCCO2. The van der Waals surface area contributed by atoms with Gasteiger partial charge in [-0.25, -0.2) is 4.68 Å². The van der Waals surface area contributed by atoms with Gasteiger partial charge in [-0.05, 0) is 67.4 Å². The molecule has 3 aromatic carbocycles. The van der Waals surface area contributed by atoms with Gasteiger partial charge >= 0.3 is 5.92 Å². The van der Waals surface area contributed by atoms with Crippen molar-refractivity contribution in [2.75, 3.05) is 26.4 Å². The van der Waals surface area contributed by atoms with E-state index in [0.29, 0.717) is 67.4 Å². The predicted molar refractivity (Wildman–Crippen MR) is 157 cm³/mol. The van der Waals surface area contributed by atoms with Crippen molar-refractivity contribution in [2.24, 2.45) is 0 Å². The maximum atomic E-state index is 13.7. The molecule has 6 rings (SSSR count). The molecule has 3 heterocycles. The number of carbonyl (C=O) groups excluding carboxylic acids is 2. The molecule has 1 aromatic heterocycles. The summed E-state index contributed by atoms with van der Waals surface area (Å²) in [6.07, 6.45) is 1.61. The third-order valence-corrected chi connectivity index (χ3v) is 7.53. The number of alkyl halides is 2. The van der Waals surface area contributed by atoms with Crippen molar-refractivity contribution in [3.05, 3.63) is 78.0 Å². The molecule has 2 aliphatic rings. The molecule has 1 saturated heterocycles. The van der Waals surface area contributed by atoms with Crippen LogP contribution >= 0.6 is 0 Å². The van der Waals surface area contributed by atoms with E-state index in [-0.39, 0.29) is 11.9 Å². The third kappa shape index (κ3) is 6.30. The number of carbonyl (C=O) groups is 2. The van der Waals surface area contributed by atoms with E-state index < -0.39 is 24.0 Å². The standard InChI is InChI=1S/C32H32F2N4O6/c1-19(36-31(40)32(2,33)34)29(20-6-9-27-28(16-20)43-13-12-42-27)44-25-7-8-26-22(15-25)17-35-38(26)24-5-3-4-21(14-24)30(39)37-23-10-11-41-18-23/h3-9,14-17,19,23,29H,10-13,18H2,1-2H3,(H,36,40)(H,37,39)/t19-,23-,29-/m1/s1. The van der Waals surface area contributed by atoms with Gasteiger partial charge in [0.2, 0.25) is 0 Å².